The van der Waals surface area contributed by atoms with Crippen LogP contribution in [0.2, 0.25) is 0 Å². The predicted octanol–water partition coefficient (Wildman–Crippen LogP) is 2.62. The maximum atomic E-state index is 13.4. The van der Waals surface area contributed by atoms with Gasteiger partial charge in [0.05, 0.1) is 11.7 Å². The third-order valence-electron chi connectivity index (χ3n) is 3.52. The fourth-order valence-corrected chi connectivity index (χ4v) is 2.55. The van der Waals surface area contributed by atoms with Crippen LogP contribution in [0.4, 0.5) is 4.39 Å². The molecule has 2 rings (SSSR count). The highest BCUT2D eigenvalue weighted by Crippen LogP contribution is 2.27. The minimum atomic E-state index is -0.852. The standard InChI is InChI=1S/C13H22FN3/c14-11(6-8-15)10-12-7-9-17(16-12)13-4-2-1-3-5-13/h7,9,11,13H,1-6,8,10,15H2. The molecule has 1 aliphatic carbocycles. The van der Waals surface area contributed by atoms with Gasteiger partial charge in [0.15, 0.2) is 0 Å². The van der Waals surface area contributed by atoms with Crippen molar-refractivity contribution in [2.24, 2.45) is 5.73 Å². The van der Waals surface area contributed by atoms with Crippen LogP contribution in [0.1, 0.15) is 50.3 Å². The summed E-state index contributed by atoms with van der Waals surface area (Å²) in [6.45, 7) is 0.407. The molecule has 1 unspecified atom stereocenters. The second-order valence-corrected chi connectivity index (χ2v) is 4.96. The van der Waals surface area contributed by atoms with Crippen LogP contribution in [0, 0.1) is 0 Å². The van der Waals surface area contributed by atoms with Gasteiger partial charge in [0, 0.05) is 12.6 Å². The number of rotatable bonds is 5. The zero-order chi connectivity index (χ0) is 12.1. The van der Waals surface area contributed by atoms with Gasteiger partial charge in [-0.05, 0) is 31.9 Å². The SMILES string of the molecule is NCCC(F)Cc1ccn(C2CCCCC2)n1. The second kappa shape index (κ2) is 6.15. The van der Waals surface area contributed by atoms with Gasteiger partial charge in [-0.3, -0.25) is 4.68 Å². The molecule has 0 radical (unpaired) electrons. The second-order valence-electron chi connectivity index (χ2n) is 4.96. The molecule has 1 aliphatic rings. The molecule has 0 aromatic carbocycles. The maximum Gasteiger partial charge on any atom is 0.107 e. The van der Waals surface area contributed by atoms with Gasteiger partial charge in [0.1, 0.15) is 6.17 Å². The van der Waals surface area contributed by atoms with Crippen LogP contribution in [-0.4, -0.2) is 22.5 Å². The number of nitrogens with zero attached hydrogens (tertiary/aromatic N) is 2. The molecule has 1 aromatic heterocycles. The monoisotopic (exact) mass is 239 g/mol. The first-order valence-electron chi connectivity index (χ1n) is 6.68. The summed E-state index contributed by atoms with van der Waals surface area (Å²) < 4.78 is 15.4. The van der Waals surface area contributed by atoms with E-state index >= 15 is 0 Å². The van der Waals surface area contributed by atoms with Gasteiger partial charge < -0.3 is 5.73 Å². The van der Waals surface area contributed by atoms with Crippen LogP contribution in [0.25, 0.3) is 0 Å². The molecule has 1 saturated carbocycles. The van der Waals surface area contributed by atoms with Crippen molar-refractivity contribution < 1.29 is 4.39 Å². The fraction of sp³-hybridized carbons (Fsp3) is 0.769. The van der Waals surface area contributed by atoms with Crippen molar-refractivity contribution in [1.29, 1.82) is 0 Å². The summed E-state index contributed by atoms with van der Waals surface area (Å²) in [7, 11) is 0. The molecule has 1 fully saturated rings. The van der Waals surface area contributed by atoms with Crippen LogP contribution >= 0.6 is 0 Å². The van der Waals surface area contributed by atoms with Crippen LogP contribution in [-0.2, 0) is 6.42 Å². The fourth-order valence-electron chi connectivity index (χ4n) is 2.55. The highest BCUT2D eigenvalue weighted by atomic mass is 19.1. The molecule has 1 atom stereocenters. The average Bonchev–Trinajstić information content (AvgIpc) is 2.79. The molecule has 4 heteroatoms. The average molecular weight is 239 g/mol. The van der Waals surface area contributed by atoms with E-state index in [0.29, 0.717) is 25.4 Å². The molecule has 96 valence electrons. The number of alkyl halides is 1. The van der Waals surface area contributed by atoms with E-state index in [1.165, 1.54) is 32.1 Å². The topological polar surface area (TPSA) is 43.8 Å². The molecule has 3 nitrogen and oxygen atoms in total. The van der Waals surface area contributed by atoms with Crippen molar-refractivity contribution in [1.82, 2.24) is 9.78 Å². The Morgan fingerprint density at radius 2 is 2.18 bits per heavy atom. The molecule has 0 bridgehead atoms. The molecule has 2 N–H and O–H groups in total. The van der Waals surface area contributed by atoms with Crippen molar-refractivity contribution in [3.8, 4) is 0 Å². The van der Waals surface area contributed by atoms with Gasteiger partial charge in [-0.15, -0.1) is 0 Å². The molecule has 0 spiro atoms. The molecule has 0 aliphatic heterocycles. The van der Waals surface area contributed by atoms with Gasteiger partial charge in [-0.1, -0.05) is 19.3 Å². The molecule has 0 amide bonds. The third kappa shape index (κ3) is 3.53. The van der Waals surface area contributed by atoms with Crippen LogP contribution < -0.4 is 5.73 Å². The van der Waals surface area contributed by atoms with Crippen LogP contribution in [0.3, 0.4) is 0 Å². The lowest BCUT2D eigenvalue weighted by Gasteiger charge is -2.21. The van der Waals surface area contributed by atoms with E-state index in [9.17, 15) is 4.39 Å². The summed E-state index contributed by atoms with van der Waals surface area (Å²) in [5, 5.41) is 4.49. The number of aromatic nitrogens is 2. The Hall–Kier alpha value is -0.900. The largest absolute Gasteiger partial charge is 0.330 e. The molecule has 17 heavy (non-hydrogen) atoms. The summed E-state index contributed by atoms with van der Waals surface area (Å²) in [4.78, 5) is 0. The first-order chi connectivity index (χ1) is 8.29. The van der Waals surface area contributed by atoms with Gasteiger partial charge in [0.2, 0.25) is 0 Å². The van der Waals surface area contributed by atoms with Crippen molar-refractivity contribution >= 4 is 0 Å². The first kappa shape index (κ1) is 12.6. The Kier molecular flexibility index (Phi) is 4.54. The Bertz CT molecular complexity index is 331. The van der Waals surface area contributed by atoms with E-state index in [1.54, 1.807) is 0 Å². The minimum absolute atomic E-state index is 0.400. The smallest absolute Gasteiger partial charge is 0.107 e. The van der Waals surface area contributed by atoms with E-state index in [2.05, 4.69) is 5.10 Å². The normalized spacial score (nSPS) is 19.4. The van der Waals surface area contributed by atoms with Gasteiger partial charge in [-0.25, -0.2) is 4.39 Å². The zero-order valence-corrected chi connectivity index (χ0v) is 10.3. The number of hydrogen-bond acceptors (Lipinski definition) is 2. The van der Waals surface area contributed by atoms with E-state index < -0.39 is 6.17 Å². The lowest BCUT2D eigenvalue weighted by atomic mass is 9.96. The van der Waals surface area contributed by atoms with Gasteiger partial charge >= 0.3 is 0 Å². The van der Waals surface area contributed by atoms with Crippen molar-refractivity contribution in [3.05, 3.63) is 18.0 Å². The summed E-state index contributed by atoms with van der Waals surface area (Å²) in [6.07, 6.45) is 8.32. The predicted molar refractivity (Wildman–Crippen MR) is 66.6 cm³/mol. The quantitative estimate of drug-likeness (QED) is 0.858. The number of nitrogens with two attached hydrogens (primary N) is 1. The van der Waals surface area contributed by atoms with E-state index in [0.717, 1.165) is 5.69 Å². The summed E-state index contributed by atoms with van der Waals surface area (Å²) in [5.74, 6) is 0. The Morgan fingerprint density at radius 3 is 2.88 bits per heavy atom. The third-order valence-corrected chi connectivity index (χ3v) is 3.52. The summed E-state index contributed by atoms with van der Waals surface area (Å²) in [6, 6.07) is 2.47. The molecular formula is C13H22FN3. The molecule has 1 aromatic rings. The lowest BCUT2D eigenvalue weighted by Crippen LogP contribution is -2.15. The maximum absolute atomic E-state index is 13.4. The van der Waals surface area contributed by atoms with Crippen molar-refractivity contribution in [2.45, 2.75) is 57.2 Å². The zero-order valence-electron chi connectivity index (χ0n) is 10.3. The Balaban J connectivity index is 1.90. The van der Waals surface area contributed by atoms with E-state index in [-0.39, 0.29) is 0 Å². The summed E-state index contributed by atoms with van der Waals surface area (Å²) >= 11 is 0. The van der Waals surface area contributed by atoms with E-state index in [4.69, 9.17) is 5.73 Å². The van der Waals surface area contributed by atoms with Crippen molar-refractivity contribution in [3.63, 3.8) is 0 Å². The van der Waals surface area contributed by atoms with Gasteiger partial charge in [-0.2, -0.15) is 5.10 Å². The minimum Gasteiger partial charge on any atom is -0.330 e. The van der Waals surface area contributed by atoms with Crippen LogP contribution in [0.15, 0.2) is 12.3 Å². The Morgan fingerprint density at radius 1 is 1.41 bits per heavy atom. The molecular weight excluding hydrogens is 217 g/mol. The molecule has 0 saturated heterocycles. The molecule has 1 heterocycles. The number of hydrogen-bond donors (Lipinski definition) is 1. The van der Waals surface area contributed by atoms with Gasteiger partial charge in [0.25, 0.3) is 0 Å². The van der Waals surface area contributed by atoms with E-state index in [1.807, 2.05) is 16.9 Å². The highest BCUT2D eigenvalue weighted by Gasteiger charge is 2.16. The first-order valence-corrected chi connectivity index (χ1v) is 6.68. The summed E-state index contributed by atoms with van der Waals surface area (Å²) in [5.41, 5.74) is 6.20. The Labute approximate surface area is 102 Å². The lowest BCUT2D eigenvalue weighted by molar-refractivity contribution is 0.306. The number of halogens is 1. The van der Waals surface area contributed by atoms with Crippen molar-refractivity contribution in [2.75, 3.05) is 6.54 Å². The van der Waals surface area contributed by atoms with Crippen LogP contribution in [0.5, 0.6) is 0 Å². The highest BCUT2D eigenvalue weighted by molar-refractivity contribution is 5.01.